The van der Waals surface area contributed by atoms with Gasteiger partial charge in [0.2, 0.25) is 0 Å². The maximum Gasteiger partial charge on any atom is 0.259 e. The lowest BCUT2D eigenvalue weighted by atomic mass is 9.98. The molecule has 15 heavy (non-hydrogen) atoms. The number of benzene rings is 1. The van der Waals surface area contributed by atoms with Gasteiger partial charge < -0.3 is 0 Å². The van der Waals surface area contributed by atoms with E-state index in [0.29, 0.717) is 17.5 Å². The first-order valence-corrected chi connectivity index (χ1v) is 4.71. The van der Waals surface area contributed by atoms with Crippen molar-refractivity contribution in [2.45, 2.75) is 13.3 Å². The Kier molecular flexibility index (Phi) is 2.15. The Balaban J connectivity index is 2.55. The van der Waals surface area contributed by atoms with Crippen LogP contribution in [0.15, 0.2) is 30.4 Å². The number of imide groups is 1. The van der Waals surface area contributed by atoms with Crippen molar-refractivity contribution in [3.05, 3.63) is 47.0 Å². The van der Waals surface area contributed by atoms with E-state index in [9.17, 15) is 9.59 Å². The number of allylic oxidation sites excluding steroid dienone is 1. The Bertz CT molecular complexity index is 475. The van der Waals surface area contributed by atoms with Gasteiger partial charge >= 0.3 is 0 Å². The SMILES string of the molecule is C=C(C)Cc1cccc2c1C(=O)NC2=O. The average molecular weight is 201 g/mol. The normalized spacial score (nSPS) is 13.7. The van der Waals surface area contributed by atoms with Crippen LogP contribution in [0.25, 0.3) is 0 Å². The Morgan fingerprint density at radius 3 is 2.73 bits per heavy atom. The number of carbonyl (C=O) groups excluding carboxylic acids is 2. The van der Waals surface area contributed by atoms with Crippen LogP contribution in [0, 0.1) is 0 Å². The topological polar surface area (TPSA) is 46.2 Å². The molecular formula is C12H11NO2. The van der Waals surface area contributed by atoms with Crippen molar-refractivity contribution in [2.75, 3.05) is 0 Å². The molecule has 0 saturated carbocycles. The van der Waals surface area contributed by atoms with Crippen LogP contribution in [-0.4, -0.2) is 11.8 Å². The van der Waals surface area contributed by atoms with Crippen molar-refractivity contribution in [1.82, 2.24) is 5.32 Å². The molecule has 1 aromatic rings. The van der Waals surface area contributed by atoms with E-state index in [1.165, 1.54) is 0 Å². The highest BCUT2D eigenvalue weighted by Crippen LogP contribution is 2.21. The molecule has 76 valence electrons. The molecule has 1 aliphatic heterocycles. The standard InChI is InChI=1S/C12H11NO2/c1-7(2)6-8-4-3-5-9-10(8)12(15)13-11(9)14/h3-5H,1,6H2,2H3,(H,13,14,15). The second kappa shape index (κ2) is 3.35. The van der Waals surface area contributed by atoms with Gasteiger partial charge in [0.25, 0.3) is 11.8 Å². The molecule has 1 N–H and O–H groups in total. The monoisotopic (exact) mass is 201 g/mol. The number of hydrogen-bond donors (Lipinski definition) is 1. The fourth-order valence-electron chi connectivity index (χ4n) is 1.76. The summed E-state index contributed by atoms with van der Waals surface area (Å²) in [6.45, 7) is 5.70. The summed E-state index contributed by atoms with van der Waals surface area (Å²) in [6.07, 6.45) is 0.629. The first-order chi connectivity index (χ1) is 7.09. The molecule has 0 spiro atoms. The van der Waals surface area contributed by atoms with Gasteiger partial charge in [0, 0.05) is 0 Å². The lowest BCUT2D eigenvalue weighted by molar-refractivity contribution is 0.0879. The number of hydrogen-bond acceptors (Lipinski definition) is 2. The Labute approximate surface area is 87.8 Å². The molecule has 0 unspecified atom stereocenters. The molecule has 0 aromatic heterocycles. The third-order valence-corrected chi connectivity index (χ3v) is 2.34. The summed E-state index contributed by atoms with van der Waals surface area (Å²) in [5, 5.41) is 2.29. The van der Waals surface area contributed by atoms with Gasteiger partial charge in [-0.3, -0.25) is 14.9 Å². The van der Waals surface area contributed by atoms with Crippen molar-refractivity contribution in [3.63, 3.8) is 0 Å². The first kappa shape index (κ1) is 9.65. The summed E-state index contributed by atoms with van der Waals surface area (Å²) in [5.74, 6) is -0.606. The molecule has 0 fully saturated rings. The minimum atomic E-state index is -0.307. The van der Waals surface area contributed by atoms with Crippen molar-refractivity contribution >= 4 is 11.8 Å². The van der Waals surface area contributed by atoms with Gasteiger partial charge in [0.15, 0.2) is 0 Å². The fraction of sp³-hybridized carbons (Fsp3) is 0.167. The van der Waals surface area contributed by atoms with Crippen molar-refractivity contribution in [1.29, 1.82) is 0 Å². The summed E-state index contributed by atoms with van der Waals surface area (Å²) in [7, 11) is 0. The number of nitrogens with one attached hydrogen (secondary N) is 1. The highest BCUT2D eigenvalue weighted by atomic mass is 16.2. The van der Waals surface area contributed by atoms with E-state index < -0.39 is 0 Å². The summed E-state index contributed by atoms with van der Waals surface area (Å²) >= 11 is 0. The van der Waals surface area contributed by atoms with Crippen LogP contribution in [0.1, 0.15) is 33.2 Å². The molecule has 0 saturated heterocycles. The second-order valence-electron chi connectivity index (χ2n) is 3.76. The minimum Gasteiger partial charge on any atom is -0.288 e. The van der Waals surface area contributed by atoms with Crippen LogP contribution in [0.3, 0.4) is 0 Å². The lowest BCUT2D eigenvalue weighted by Gasteiger charge is -2.04. The van der Waals surface area contributed by atoms with Crippen LogP contribution >= 0.6 is 0 Å². The van der Waals surface area contributed by atoms with Gasteiger partial charge in [-0.05, 0) is 25.0 Å². The Hall–Kier alpha value is -1.90. The predicted octanol–water partition coefficient (Wildman–Crippen LogP) is 1.69. The van der Waals surface area contributed by atoms with Crippen molar-refractivity contribution in [3.8, 4) is 0 Å². The van der Waals surface area contributed by atoms with Crippen LogP contribution in [-0.2, 0) is 6.42 Å². The molecule has 2 amide bonds. The van der Waals surface area contributed by atoms with E-state index >= 15 is 0 Å². The number of carbonyl (C=O) groups is 2. The molecular weight excluding hydrogens is 190 g/mol. The lowest BCUT2D eigenvalue weighted by Crippen LogP contribution is -2.20. The number of rotatable bonds is 2. The number of fused-ring (bicyclic) bond motifs is 1. The second-order valence-corrected chi connectivity index (χ2v) is 3.76. The minimum absolute atomic E-state index is 0.299. The summed E-state index contributed by atoms with van der Waals surface area (Å²) < 4.78 is 0. The zero-order valence-corrected chi connectivity index (χ0v) is 8.46. The predicted molar refractivity (Wildman–Crippen MR) is 56.8 cm³/mol. The maximum atomic E-state index is 11.5. The van der Waals surface area contributed by atoms with Crippen LogP contribution in [0.4, 0.5) is 0 Å². The molecule has 3 nitrogen and oxygen atoms in total. The van der Waals surface area contributed by atoms with Gasteiger partial charge in [-0.2, -0.15) is 0 Å². The Morgan fingerprint density at radius 1 is 1.33 bits per heavy atom. The molecule has 0 atom stereocenters. The van der Waals surface area contributed by atoms with Crippen molar-refractivity contribution in [2.24, 2.45) is 0 Å². The maximum absolute atomic E-state index is 11.5. The van der Waals surface area contributed by atoms with E-state index in [4.69, 9.17) is 0 Å². The summed E-state index contributed by atoms with van der Waals surface area (Å²) in [5.41, 5.74) is 2.81. The third-order valence-electron chi connectivity index (χ3n) is 2.34. The third kappa shape index (κ3) is 1.56. The molecule has 1 aromatic carbocycles. The molecule has 1 heterocycles. The van der Waals surface area contributed by atoms with E-state index in [-0.39, 0.29) is 11.8 Å². The van der Waals surface area contributed by atoms with E-state index in [1.54, 1.807) is 12.1 Å². The van der Waals surface area contributed by atoms with Gasteiger partial charge in [0.1, 0.15) is 0 Å². The molecule has 3 heteroatoms. The molecule has 0 aliphatic carbocycles. The van der Waals surface area contributed by atoms with Gasteiger partial charge in [0.05, 0.1) is 11.1 Å². The molecule has 2 rings (SSSR count). The van der Waals surface area contributed by atoms with E-state index in [0.717, 1.165) is 11.1 Å². The summed E-state index contributed by atoms with van der Waals surface area (Å²) in [6, 6.07) is 5.30. The number of amides is 2. The highest BCUT2D eigenvalue weighted by molar-refractivity contribution is 6.22. The average Bonchev–Trinajstić information content (AvgIpc) is 2.43. The van der Waals surface area contributed by atoms with Gasteiger partial charge in [-0.25, -0.2) is 0 Å². The largest absolute Gasteiger partial charge is 0.288 e. The Morgan fingerprint density at radius 2 is 2.07 bits per heavy atom. The van der Waals surface area contributed by atoms with E-state index in [2.05, 4.69) is 11.9 Å². The zero-order chi connectivity index (χ0) is 11.0. The van der Waals surface area contributed by atoms with Gasteiger partial charge in [-0.1, -0.05) is 24.3 Å². The molecule has 0 bridgehead atoms. The van der Waals surface area contributed by atoms with E-state index in [1.807, 2.05) is 13.0 Å². The fourth-order valence-corrected chi connectivity index (χ4v) is 1.76. The smallest absolute Gasteiger partial charge is 0.259 e. The molecule has 1 aliphatic rings. The zero-order valence-electron chi connectivity index (χ0n) is 8.46. The van der Waals surface area contributed by atoms with Gasteiger partial charge in [-0.15, -0.1) is 0 Å². The van der Waals surface area contributed by atoms with Crippen LogP contribution in [0.5, 0.6) is 0 Å². The summed E-state index contributed by atoms with van der Waals surface area (Å²) in [4.78, 5) is 22.9. The molecule has 0 radical (unpaired) electrons. The van der Waals surface area contributed by atoms with Crippen LogP contribution < -0.4 is 5.32 Å². The first-order valence-electron chi connectivity index (χ1n) is 4.71. The van der Waals surface area contributed by atoms with Crippen LogP contribution in [0.2, 0.25) is 0 Å². The van der Waals surface area contributed by atoms with Crippen molar-refractivity contribution < 1.29 is 9.59 Å². The highest BCUT2D eigenvalue weighted by Gasteiger charge is 2.28. The quantitative estimate of drug-likeness (QED) is 0.584.